The lowest BCUT2D eigenvalue weighted by molar-refractivity contribution is -0.142. The summed E-state index contributed by atoms with van der Waals surface area (Å²) in [6, 6.07) is 21.0. The number of fused-ring (bicyclic) bond motifs is 1. The fraction of sp³-hybridized carbons (Fsp3) is 0.241. The fourth-order valence-electron chi connectivity index (χ4n) is 4.65. The van der Waals surface area contributed by atoms with E-state index < -0.39 is 12.0 Å². The molecule has 0 saturated carbocycles. The second kappa shape index (κ2) is 11.2. The third-order valence-electron chi connectivity index (χ3n) is 6.89. The number of hydrogen-bond donors (Lipinski definition) is 3. The van der Waals surface area contributed by atoms with Gasteiger partial charge in [0, 0.05) is 49.7 Å². The number of amidine groups is 1. The van der Waals surface area contributed by atoms with Gasteiger partial charge in [-0.3, -0.25) is 19.8 Å². The molecule has 0 aliphatic carbocycles. The Labute approximate surface area is 221 Å². The van der Waals surface area contributed by atoms with Crippen molar-refractivity contribution in [2.24, 2.45) is 5.73 Å². The van der Waals surface area contributed by atoms with Crippen LogP contribution in [0.25, 0.3) is 0 Å². The number of carboxylic acids is 1. The monoisotopic (exact) mass is 513 g/mol. The molecule has 1 atom stereocenters. The Balaban J connectivity index is 1.62. The lowest BCUT2D eigenvalue weighted by atomic mass is 10.1. The van der Waals surface area contributed by atoms with Crippen LogP contribution in [0.2, 0.25) is 0 Å². The number of aliphatic carboxylic acids is 1. The lowest BCUT2D eigenvalue weighted by Crippen LogP contribution is -2.46. The van der Waals surface area contributed by atoms with E-state index in [0.29, 0.717) is 42.0 Å². The van der Waals surface area contributed by atoms with Gasteiger partial charge < -0.3 is 25.5 Å². The SMILES string of the molecule is CN(C(=O)c1ccc2c(c1)N(C)C(CC(=O)O)C(=O)N(CCc1ccccc1)C2)c1ccc(C(=N)N)cc1. The molecule has 3 aromatic rings. The molecular weight excluding hydrogens is 482 g/mol. The number of nitrogens with one attached hydrogen (secondary N) is 1. The molecule has 1 aliphatic heterocycles. The van der Waals surface area contributed by atoms with Crippen LogP contribution in [0.1, 0.15) is 33.5 Å². The number of nitrogens with zero attached hydrogens (tertiary/aromatic N) is 3. The minimum absolute atomic E-state index is 0.0532. The first kappa shape index (κ1) is 26.4. The van der Waals surface area contributed by atoms with Crippen molar-refractivity contribution in [3.63, 3.8) is 0 Å². The standard InChI is InChI=1S/C29H31N5O4/c1-32(23-12-10-20(11-13-23)27(30)31)28(37)21-8-9-22-18-34(15-14-19-6-4-3-5-7-19)29(38)25(17-26(35)36)33(2)24(22)16-21/h3-13,16,25H,14-15,17-18H2,1-2H3,(H3,30,31)(H,35,36). The summed E-state index contributed by atoms with van der Waals surface area (Å²) in [7, 11) is 3.35. The van der Waals surface area contributed by atoms with E-state index in [1.165, 1.54) is 4.90 Å². The van der Waals surface area contributed by atoms with Crippen LogP contribution in [0.5, 0.6) is 0 Å². The number of benzene rings is 3. The summed E-state index contributed by atoms with van der Waals surface area (Å²) in [5.74, 6) is -1.63. The number of hydrogen-bond acceptors (Lipinski definition) is 5. The number of carbonyl (C=O) groups excluding carboxylic acids is 2. The molecule has 2 amide bonds. The predicted molar refractivity (Wildman–Crippen MR) is 147 cm³/mol. The zero-order valence-electron chi connectivity index (χ0n) is 21.4. The molecule has 4 rings (SSSR count). The van der Waals surface area contributed by atoms with E-state index >= 15 is 0 Å². The quantitative estimate of drug-likeness (QED) is 0.313. The Morgan fingerprint density at radius 3 is 2.34 bits per heavy atom. The van der Waals surface area contributed by atoms with Crippen molar-refractivity contribution in [1.29, 1.82) is 5.41 Å². The van der Waals surface area contributed by atoms with Gasteiger partial charge in [0.1, 0.15) is 11.9 Å². The third-order valence-corrected chi connectivity index (χ3v) is 6.89. The highest BCUT2D eigenvalue weighted by Crippen LogP contribution is 2.31. The molecule has 3 aromatic carbocycles. The number of likely N-dealkylation sites (N-methyl/N-ethyl adjacent to an activating group) is 1. The molecule has 1 aliphatic rings. The molecule has 0 aromatic heterocycles. The van der Waals surface area contributed by atoms with Gasteiger partial charge in [0.2, 0.25) is 5.91 Å². The Morgan fingerprint density at radius 2 is 1.71 bits per heavy atom. The van der Waals surface area contributed by atoms with Crippen LogP contribution >= 0.6 is 0 Å². The van der Waals surface area contributed by atoms with E-state index in [2.05, 4.69) is 0 Å². The molecule has 9 nitrogen and oxygen atoms in total. The van der Waals surface area contributed by atoms with Gasteiger partial charge in [-0.1, -0.05) is 36.4 Å². The van der Waals surface area contributed by atoms with Gasteiger partial charge in [-0.2, -0.15) is 0 Å². The number of nitrogen functional groups attached to an aromatic ring is 1. The van der Waals surface area contributed by atoms with E-state index in [1.54, 1.807) is 60.3 Å². The predicted octanol–water partition coefficient (Wildman–Crippen LogP) is 3.11. The molecule has 38 heavy (non-hydrogen) atoms. The molecular formula is C29H31N5O4. The summed E-state index contributed by atoms with van der Waals surface area (Å²) in [4.78, 5) is 43.4. The number of nitrogens with two attached hydrogens (primary N) is 1. The summed E-state index contributed by atoms with van der Waals surface area (Å²) in [6.07, 6.45) is 0.298. The molecule has 0 saturated heterocycles. The topological polar surface area (TPSA) is 131 Å². The summed E-state index contributed by atoms with van der Waals surface area (Å²) in [5.41, 5.74) is 9.71. The minimum Gasteiger partial charge on any atom is -0.481 e. The summed E-state index contributed by atoms with van der Waals surface area (Å²) in [5, 5.41) is 17.1. The maximum absolute atomic E-state index is 13.5. The van der Waals surface area contributed by atoms with Crippen molar-refractivity contribution in [3.05, 3.63) is 95.1 Å². The zero-order chi connectivity index (χ0) is 27.4. The number of carbonyl (C=O) groups is 3. The van der Waals surface area contributed by atoms with Gasteiger partial charge in [0.15, 0.2) is 0 Å². The Hall–Kier alpha value is -4.66. The number of amides is 2. The molecule has 1 heterocycles. The first-order chi connectivity index (χ1) is 18.2. The first-order valence-electron chi connectivity index (χ1n) is 12.3. The van der Waals surface area contributed by atoms with Gasteiger partial charge in [-0.25, -0.2) is 0 Å². The largest absolute Gasteiger partial charge is 0.481 e. The Kier molecular flexibility index (Phi) is 7.76. The second-order valence-electron chi connectivity index (χ2n) is 9.39. The molecule has 4 N–H and O–H groups in total. The van der Waals surface area contributed by atoms with Crippen molar-refractivity contribution in [1.82, 2.24) is 4.90 Å². The molecule has 0 bridgehead atoms. The Bertz CT molecular complexity index is 1360. The van der Waals surface area contributed by atoms with Crippen LogP contribution in [0, 0.1) is 5.41 Å². The van der Waals surface area contributed by atoms with E-state index in [1.807, 2.05) is 36.4 Å². The maximum atomic E-state index is 13.5. The van der Waals surface area contributed by atoms with Crippen LogP contribution in [-0.4, -0.2) is 60.3 Å². The second-order valence-corrected chi connectivity index (χ2v) is 9.39. The van der Waals surface area contributed by atoms with Crippen LogP contribution < -0.4 is 15.5 Å². The van der Waals surface area contributed by atoms with Crippen LogP contribution in [0.15, 0.2) is 72.8 Å². The summed E-state index contributed by atoms with van der Waals surface area (Å²) in [6.45, 7) is 0.768. The van der Waals surface area contributed by atoms with E-state index in [0.717, 1.165) is 11.1 Å². The average Bonchev–Trinajstić information content (AvgIpc) is 3.01. The van der Waals surface area contributed by atoms with Crippen molar-refractivity contribution in [2.45, 2.75) is 25.4 Å². The van der Waals surface area contributed by atoms with E-state index in [9.17, 15) is 19.5 Å². The minimum atomic E-state index is -1.07. The molecule has 0 radical (unpaired) electrons. The molecule has 0 fully saturated rings. The lowest BCUT2D eigenvalue weighted by Gasteiger charge is -2.29. The normalized spacial score (nSPS) is 15.0. The fourth-order valence-corrected chi connectivity index (χ4v) is 4.65. The number of anilines is 2. The smallest absolute Gasteiger partial charge is 0.305 e. The van der Waals surface area contributed by atoms with Crippen molar-refractivity contribution >= 4 is 35.0 Å². The Morgan fingerprint density at radius 1 is 1.05 bits per heavy atom. The third kappa shape index (κ3) is 5.67. The summed E-state index contributed by atoms with van der Waals surface area (Å²) >= 11 is 0. The van der Waals surface area contributed by atoms with Crippen LogP contribution in [-0.2, 0) is 22.6 Å². The molecule has 1 unspecified atom stereocenters. The first-order valence-corrected chi connectivity index (χ1v) is 12.3. The van der Waals surface area contributed by atoms with Gasteiger partial charge in [-0.15, -0.1) is 0 Å². The van der Waals surface area contributed by atoms with Gasteiger partial charge in [0.25, 0.3) is 5.91 Å². The van der Waals surface area contributed by atoms with Crippen LogP contribution in [0.3, 0.4) is 0 Å². The van der Waals surface area contributed by atoms with Gasteiger partial charge >= 0.3 is 5.97 Å². The van der Waals surface area contributed by atoms with E-state index in [4.69, 9.17) is 11.1 Å². The highest BCUT2D eigenvalue weighted by atomic mass is 16.4. The van der Waals surface area contributed by atoms with Crippen molar-refractivity contribution in [3.8, 4) is 0 Å². The maximum Gasteiger partial charge on any atom is 0.305 e. The van der Waals surface area contributed by atoms with Gasteiger partial charge in [-0.05, 0) is 53.9 Å². The molecule has 196 valence electrons. The van der Waals surface area contributed by atoms with Gasteiger partial charge in [0.05, 0.1) is 6.42 Å². The van der Waals surface area contributed by atoms with Crippen LogP contribution in [0.4, 0.5) is 11.4 Å². The molecule has 0 spiro atoms. The molecule has 9 heteroatoms. The van der Waals surface area contributed by atoms with E-state index in [-0.39, 0.29) is 24.1 Å². The van der Waals surface area contributed by atoms with Crippen molar-refractivity contribution < 1.29 is 19.5 Å². The highest BCUT2D eigenvalue weighted by molar-refractivity contribution is 6.07. The average molecular weight is 514 g/mol. The number of rotatable bonds is 8. The highest BCUT2D eigenvalue weighted by Gasteiger charge is 2.35. The van der Waals surface area contributed by atoms with Crippen molar-refractivity contribution in [2.75, 3.05) is 30.4 Å². The summed E-state index contributed by atoms with van der Waals surface area (Å²) < 4.78 is 0. The number of carboxylic acid groups (broad SMARTS) is 1. The zero-order valence-corrected chi connectivity index (χ0v) is 21.4.